The van der Waals surface area contributed by atoms with Gasteiger partial charge >= 0.3 is 40.2 Å². The number of hydrogen-bond acceptors (Lipinski definition) is 17. The van der Waals surface area contributed by atoms with Crippen LogP contribution in [0.1, 0.15) is 68.2 Å². The molecule has 2 aromatic carbocycles. The molecule has 5 atom stereocenters. The summed E-state index contributed by atoms with van der Waals surface area (Å²) in [5.41, 5.74) is -0.274. The Bertz CT molecular complexity index is 1760. The van der Waals surface area contributed by atoms with Crippen LogP contribution in [0.25, 0.3) is 0 Å². The van der Waals surface area contributed by atoms with Crippen LogP contribution in [-0.2, 0) is 58.0 Å². The van der Waals surface area contributed by atoms with Crippen molar-refractivity contribution in [3.05, 3.63) is 53.6 Å². The van der Waals surface area contributed by atoms with Crippen molar-refractivity contribution < 1.29 is 83.8 Å². The van der Waals surface area contributed by atoms with E-state index in [0.29, 0.717) is 6.61 Å². The normalized spacial score (nSPS) is 19.4. The Morgan fingerprint density at radius 3 is 1.96 bits per heavy atom. The summed E-state index contributed by atoms with van der Waals surface area (Å²) in [6.07, 6.45) is -6.30. The van der Waals surface area contributed by atoms with E-state index in [1.54, 1.807) is 0 Å². The van der Waals surface area contributed by atoms with Crippen molar-refractivity contribution in [2.24, 2.45) is 0 Å². The first-order chi connectivity index (χ1) is 25.5. The highest BCUT2D eigenvalue weighted by Crippen LogP contribution is 2.36. The van der Waals surface area contributed by atoms with E-state index in [-0.39, 0.29) is 30.0 Å². The Labute approximate surface area is 310 Å². The maximum atomic E-state index is 13.2. The first-order valence-corrected chi connectivity index (χ1v) is 17.8. The van der Waals surface area contributed by atoms with E-state index in [2.05, 4.69) is 5.32 Å². The molecule has 296 valence electrons. The highest BCUT2D eigenvalue weighted by molar-refractivity contribution is 7.82. The summed E-state index contributed by atoms with van der Waals surface area (Å²) in [5, 5.41) is 11.8. The van der Waals surface area contributed by atoms with Gasteiger partial charge in [0.15, 0.2) is 23.7 Å². The van der Waals surface area contributed by atoms with E-state index in [1.165, 1.54) is 6.07 Å². The van der Waals surface area contributed by atoms with E-state index >= 15 is 0 Å². The molecule has 1 heterocycles. The Balaban J connectivity index is 2.05. The topological polar surface area (TPSA) is 252 Å². The number of carbonyl (C=O) groups excluding carboxylic acids is 5. The van der Waals surface area contributed by atoms with Gasteiger partial charge < -0.3 is 51.9 Å². The minimum Gasteiger partial charge on any atom is -0.478 e. The van der Waals surface area contributed by atoms with E-state index in [1.807, 2.05) is 6.92 Å². The molecular formula is C34H41NO18S. The molecule has 1 amide bonds. The third-order valence-electron chi connectivity index (χ3n) is 7.06. The van der Waals surface area contributed by atoms with Crippen molar-refractivity contribution in [2.45, 2.75) is 78.2 Å². The second-order valence-electron chi connectivity index (χ2n) is 11.5. The van der Waals surface area contributed by atoms with Gasteiger partial charge in [0, 0.05) is 46.4 Å². The number of esters is 4. The Hall–Kier alpha value is -5.47. The van der Waals surface area contributed by atoms with Crippen LogP contribution >= 0.6 is 0 Å². The SMILES string of the molecule is CCCCOCCNC(=O)c1ccc(OC2O[C@H](COC(C)=O)[C@H](OC(C)=O)[C@H](OC(C)=O)[C@@H]2OC(C)=O)c(OS(=O)(=O)Oc2ccc(C(=O)O)cc2)c1. The number of rotatable bonds is 19. The number of carboxylic acid groups (broad SMARTS) is 1. The Morgan fingerprint density at radius 2 is 1.37 bits per heavy atom. The van der Waals surface area contributed by atoms with E-state index in [9.17, 15) is 37.2 Å². The summed E-state index contributed by atoms with van der Waals surface area (Å²) in [6.45, 7) is 6.38. The van der Waals surface area contributed by atoms with Gasteiger partial charge in [-0.05, 0) is 48.9 Å². The van der Waals surface area contributed by atoms with Gasteiger partial charge in [-0.15, -0.1) is 8.42 Å². The average molecular weight is 784 g/mol. The lowest BCUT2D eigenvalue weighted by atomic mass is 9.98. The van der Waals surface area contributed by atoms with Crippen molar-refractivity contribution in [2.75, 3.05) is 26.4 Å². The lowest BCUT2D eigenvalue weighted by molar-refractivity contribution is -0.288. The van der Waals surface area contributed by atoms with Crippen molar-refractivity contribution in [3.8, 4) is 17.2 Å². The Kier molecular flexibility index (Phi) is 16.0. The van der Waals surface area contributed by atoms with Crippen LogP contribution in [0.5, 0.6) is 17.2 Å². The van der Waals surface area contributed by atoms with Crippen LogP contribution in [0, 0.1) is 0 Å². The zero-order valence-electron chi connectivity index (χ0n) is 30.0. The molecule has 1 unspecified atom stereocenters. The average Bonchev–Trinajstić information content (AvgIpc) is 3.08. The van der Waals surface area contributed by atoms with Gasteiger partial charge in [0.25, 0.3) is 5.91 Å². The molecule has 0 radical (unpaired) electrons. The number of aromatic carboxylic acids is 1. The van der Waals surface area contributed by atoms with Crippen LogP contribution in [0.15, 0.2) is 42.5 Å². The Morgan fingerprint density at radius 1 is 0.759 bits per heavy atom. The molecule has 0 aromatic heterocycles. The monoisotopic (exact) mass is 783 g/mol. The summed E-state index contributed by atoms with van der Waals surface area (Å²) in [7, 11) is -5.06. The first-order valence-electron chi connectivity index (χ1n) is 16.4. The van der Waals surface area contributed by atoms with Crippen molar-refractivity contribution in [1.29, 1.82) is 0 Å². The lowest BCUT2D eigenvalue weighted by Gasteiger charge is -2.43. The molecule has 1 saturated heterocycles. The molecule has 2 N–H and O–H groups in total. The van der Waals surface area contributed by atoms with E-state index < -0.39 is 95.0 Å². The fourth-order valence-corrected chi connectivity index (χ4v) is 5.54. The second kappa shape index (κ2) is 20.1. The van der Waals surface area contributed by atoms with Gasteiger partial charge in [0.05, 0.1) is 12.2 Å². The number of unbranched alkanes of at least 4 members (excludes halogenated alkanes) is 1. The lowest BCUT2D eigenvalue weighted by Crippen LogP contribution is -2.63. The van der Waals surface area contributed by atoms with Crippen LogP contribution in [0.4, 0.5) is 0 Å². The third kappa shape index (κ3) is 13.5. The third-order valence-corrected chi connectivity index (χ3v) is 7.84. The predicted molar refractivity (Wildman–Crippen MR) is 181 cm³/mol. The maximum absolute atomic E-state index is 13.2. The molecule has 0 aliphatic carbocycles. The minimum atomic E-state index is -5.06. The van der Waals surface area contributed by atoms with Crippen LogP contribution < -0.4 is 18.4 Å². The van der Waals surface area contributed by atoms with Crippen LogP contribution in [0.3, 0.4) is 0 Å². The quantitative estimate of drug-likeness (QED) is 0.118. The zero-order valence-corrected chi connectivity index (χ0v) is 30.8. The van der Waals surface area contributed by atoms with E-state index in [4.69, 9.17) is 46.6 Å². The standard InChI is InChI=1S/C34H41NO18S/c1-6-7-15-45-16-14-35-32(40)24-10-13-26(27(17-24)53-54(43,44)52-25-11-8-23(9-12-25)33(41)42)50-34-31(49-22(5)39)30(48-21(4)38)29(47-20(3)37)28(51-34)18-46-19(2)36/h8-13,17,28-31,34H,6-7,14-16,18H2,1-5H3,(H,35,40)(H,41,42)/t28-,29+,30+,31+,34?/m1/s1. The molecule has 1 fully saturated rings. The maximum Gasteiger partial charge on any atom is 0.501 e. The van der Waals surface area contributed by atoms with Crippen LogP contribution in [0.2, 0.25) is 0 Å². The molecular weight excluding hydrogens is 742 g/mol. The van der Waals surface area contributed by atoms with Gasteiger partial charge in [-0.2, -0.15) is 0 Å². The molecule has 20 heteroatoms. The molecule has 1 aliphatic heterocycles. The fourth-order valence-electron chi connectivity index (χ4n) is 4.81. The summed E-state index contributed by atoms with van der Waals surface area (Å²) in [5.74, 6) is -6.84. The van der Waals surface area contributed by atoms with Crippen LogP contribution in [-0.4, -0.2) is 106 Å². The van der Waals surface area contributed by atoms with E-state index in [0.717, 1.165) is 76.9 Å². The van der Waals surface area contributed by atoms with Crippen molar-refractivity contribution >= 4 is 46.2 Å². The molecule has 0 spiro atoms. The number of nitrogens with one attached hydrogen (secondary N) is 1. The molecule has 19 nitrogen and oxygen atoms in total. The first kappa shape index (κ1) is 42.9. The summed E-state index contributed by atoms with van der Waals surface area (Å²) in [6, 6.07) is 7.64. The van der Waals surface area contributed by atoms with Gasteiger partial charge in [-0.3, -0.25) is 24.0 Å². The number of hydrogen-bond donors (Lipinski definition) is 2. The molecule has 0 bridgehead atoms. The van der Waals surface area contributed by atoms with Gasteiger partial charge in [0.2, 0.25) is 12.4 Å². The zero-order chi connectivity index (χ0) is 40.0. The largest absolute Gasteiger partial charge is 0.501 e. The number of amides is 1. The minimum absolute atomic E-state index is 0.107. The highest BCUT2D eigenvalue weighted by atomic mass is 32.3. The van der Waals surface area contributed by atoms with Crippen molar-refractivity contribution in [3.63, 3.8) is 0 Å². The molecule has 2 aromatic rings. The number of ether oxygens (including phenoxy) is 7. The van der Waals surface area contributed by atoms with Gasteiger partial charge in [0.1, 0.15) is 18.5 Å². The van der Waals surface area contributed by atoms with Crippen molar-refractivity contribution in [1.82, 2.24) is 5.32 Å². The van der Waals surface area contributed by atoms with Gasteiger partial charge in [-0.1, -0.05) is 13.3 Å². The summed E-state index contributed by atoms with van der Waals surface area (Å²) in [4.78, 5) is 72.5. The number of carboxylic acids is 1. The van der Waals surface area contributed by atoms with Gasteiger partial charge in [-0.25, -0.2) is 4.79 Å². The smallest absolute Gasteiger partial charge is 0.478 e. The molecule has 1 aliphatic rings. The highest BCUT2D eigenvalue weighted by Gasteiger charge is 2.53. The molecule has 3 rings (SSSR count). The summed E-state index contributed by atoms with van der Waals surface area (Å²) < 4.78 is 75.1. The second-order valence-corrected chi connectivity index (χ2v) is 12.6. The summed E-state index contributed by atoms with van der Waals surface area (Å²) >= 11 is 0. The number of carbonyl (C=O) groups is 6. The molecule has 0 saturated carbocycles. The molecule has 54 heavy (non-hydrogen) atoms. The predicted octanol–water partition coefficient (Wildman–Crippen LogP) is 2.10. The fraction of sp³-hybridized carbons (Fsp3) is 0.471. The number of benzene rings is 2.